The molecule has 0 atom stereocenters. The predicted molar refractivity (Wildman–Crippen MR) is 78.7 cm³/mol. The van der Waals surface area contributed by atoms with Crippen molar-refractivity contribution in [1.29, 1.82) is 0 Å². The first-order chi connectivity index (χ1) is 10.4. The normalized spacial score (nSPS) is 11.8. The molecule has 0 aliphatic heterocycles. The van der Waals surface area contributed by atoms with Crippen LogP contribution in [0.3, 0.4) is 0 Å². The molecule has 1 aromatic heterocycles. The average molecular weight is 303 g/mol. The third-order valence-corrected chi connectivity index (χ3v) is 3.62. The first-order valence-electron chi connectivity index (χ1n) is 6.66. The highest BCUT2D eigenvalue weighted by Crippen LogP contribution is 2.41. The second-order valence-electron chi connectivity index (χ2n) is 5.06. The Morgan fingerprint density at radius 1 is 1.00 bits per heavy atom. The zero-order chi connectivity index (χ0) is 15.9. The number of alkyl halides is 3. The van der Waals surface area contributed by atoms with E-state index < -0.39 is 11.7 Å². The molecule has 112 valence electrons. The highest BCUT2D eigenvalue weighted by Gasteiger charge is 2.35. The van der Waals surface area contributed by atoms with E-state index in [9.17, 15) is 18.0 Å². The van der Waals surface area contributed by atoms with E-state index in [0.29, 0.717) is 16.6 Å². The fraction of sp³-hybridized carbons (Fsp3) is 0.118. The zero-order valence-electron chi connectivity index (χ0n) is 11.7. The summed E-state index contributed by atoms with van der Waals surface area (Å²) in [4.78, 5) is 14.1. The van der Waals surface area contributed by atoms with Crippen molar-refractivity contribution in [2.75, 3.05) is 0 Å². The summed E-state index contributed by atoms with van der Waals surface area (Å²) in [6.45, 7) is 1.42. The molecule has 22 heavy (non-hydrogen) atoms. The number of aromatic amines is 1. The van der Waals surface area contributed by atoms with Gasteiger partial charge in [0.2, 0.25) is 0 Å². The van der Waals surface area contributed by atoms with Crippen LogP contribution in [0, 0.1) is 0 Å². The van der Waals surface area contributed by atoms with Crippen molar-refractivity contribution in [3.63, 3.8) is 0 Å². The number of carbonyl (C=O) groups excluding carboxylic acids is 1. The van der Waals surface area contributed by atoms with Crippen molar-refractivity contribution in [3.8, 4) is 11.1 Å². The number of H-pyrrole nitrogens is 1. The Bertz CT molecular complexity index is 844. The maximum Gasteiger partial charge on any atom is 0.417 e. The monoisotopic (exact) mass is 303 g/mol. The molecule has 0 saturated carbocycles. The van der Waals surface area contributed by atoms with Gasteiger partial charge in [0, 0.05) is 22.7 Å². The van der Waals surface area contributed by atoms with Crippen LogP contribution < -0.4 is 0 Å². The van der Waals surface area contributed by atoms with Gasteiger partial charge in [-0.2, -0.15) is 13.2 Å². The number of ketones is 1. The van der Waals surface area contributed by atoms with Crippen molar-refractivity contribution >= 4 is 16.7 Å². The van der Waals surface area contributed by atoms with Crippen LogP contribution in [0.25, 0.3) is 22.0 Å². The molecule has 0 aliphatic rings. The van der Waals surface area contributed by atoms with Gasteiger partial charge >= 0.3 is 6.18 Å². The van der Waals surface area contributed by atoms with E-state index in [1.54, 1.807) is 30.3 Å². The Balaban J connectivity index is 2.24. The molecule has 0 unspecified atom stereocenters. The van der Waals surface area contributed by atoms with Crippen molar-refractivity contribution in [3.05, 3.63) is 59.8 Å². The minimum Gasteiger partial charge on any atom is -0.361 e. The molecule has 0 bridgehead atoms. The molecule has 5 heteroatoms. The molecule has 0 saturated heterocycles. The number of carbonyl (C=O) groups is 1. The van der Waals surface area contributed by atoms with Crippen LogP contribution in [-0.4, -0.2) is 10.8 Å². The van der Waals surface area contributed by atoms with E-state index in [1.165, 1.54) is 25.3 Å². The van der Waals surface area contributed by atoms with Crippen LogP contribution in [0.5, 0.6) is 0 Å². The standard InChI is InChI=1S/C17H12F3NO/c1-10(22)11-2-4-12(5-3-11)13-6-7-15-14(8-9-21-15)16(13)17(18,19)20/h2-9,21H,1H3. The molecule has 0 fully saturated rings. The van der Waals surface area contributed by atoms with Crippen LogP contribution in [0.15, 0.2) is 48.7 Å². The van der Waals surface area contributed by atoms with Crippen molar-refractivity contribution in [2.45, 2.75) is 13.1 Å². The molecular weight excluding hydrogens is 291 g/mol. The molecule has 0 spiro atoms. The summed E-state index contributed by atoms with van der Waals surface area (Å²) in [5.74, 6) is -0.122. The number of nitrogens with one attached hydrogen (secondary N) is 1. The summed E-state index contributed by atoms with van der Waals surface area (Å²) in [5, 5.41) is 0.139. The third-order valence-electron chi connectivity index (χ3n) is 3.62. The lowest BCUT2D eigenvalue weighted by Gasteiger charge is -2.14. The van der Waals surface area contributed by atoms with Gasteiger partial charge in [0.05, 0.1) is 5.56 Å². The zero-order valence-corrected chi connectivity index (χ0v) is 11.7. The van der Waals surface area contributed by atoms with E-state index in [2.05, 4.69) is 4.98 Å². The SMILES string of the molecule is CC(=O)c1ccc(-c2ccc3[nH]ccc3c2C(F)(F)F)cc1. The van der Waals surface area contributed by atoms with Crippen LogP contribution in [0.1, 0.15) is 22.8 Å². The number of Topliss-reactive ketones (excluding diaryl/α,β-unsaturated/α-hetero) is 1. The first kappa shape index (κ1) is 14.4. The fourth-order valence-corrected chi connectivity index (χ4v) is 2.56. The maximum atomic E-state index is 13.5. The van der Waals surface area contributed by atoms with Crippen LogP contribution in [0.4, 0.5) is 13.2 Å². The predicted octanol–water partition coefficient (Wildman–Crippen LogP) is 5.06. The van der Waals surface area contributed by atoms with Gasteiger partial charge in [-0.15, -0.1) is 0 Å². The van der Waals surface area contributed by atoms with E-state index in [-0.39, 0.29) is 16.7 Å². The highest BCUT2D eigenvalue weighted by atomic mass is 19.4. The number of fused-ring (bicyclic) bond motifs is 1. The van der Waals surface area contributed by atoms with E-state index in [4.69, 9.17) is 0 Å². The number of halogens is 3. The number of rotatable bonds is 2. The Kier molecular flexibility index (Phi) is 3.28. The molecular formula is C17H12F3NO. The lowest BCUT2D eigenvalue weighted by Crippen LogP contribution is -2.08. The van der Waals surface area contributed by atoms with Crippen LogP contribution >= 0.6 is 0 Å². The summed E-state index contributed by atoms with van der Waals surface area (Å²) in [6, 6.07) is 10.7. The van der Waals surface area contributed by atoms with Gasteiger partial charge < -0.3 is 4.98 Å². The molecule has 2 aromatic carbocycles. The molecule has 0 amide bonds. The summed E-state index contributed by atoms with van der Waals surface area (Å²) in [7, 11) is 0. The van der Waals surface area contributed by atoms with E-state index in [1.807, 2.05) is 0 Å². The Morgan fingerprint density at radius 2 is 1.68 bits per heavy atom. The van der Waals surface area contributed by atoms with Gasteiger partial charge in [-0.3, -0.25) is 4.79 Å². The average Bonchev–Trinajstić information content (AvgIpc) is 2.93. The van der Waals surface area contributed by atoms with E-state index >= 15 is 0 Å². The van der Waals surface area contributed by atoms with E-state index in [0.717, 1.165) is 0 Å². The summed E-state index contributed by atoms with van der Waals surface area (Å²) < 4.78 is 40.4. The van der Waals surface area contributed by atoms with Crippen LogP contribution in [0.2, 0.25) is 0 Å². The molecule has 1 heterocycles. The molecule has 1 N–H and O–H groups in total. The number of hydrogen-bond donors (Lipinski definition) is 1. The first-order valence-corrected chi connectivity index (χ1v) is 6.66. The second-order valence-corrected chi connectivity index (χ2v) is 5.06. The molecule has 3 rings (SSSR count). The maximum absolute atomic E-state index is 13.5. The third kappa shape index (κ3) is 2.39. The molecule has 0 aliphatic carbocycles. The number of aromatic nitrogens is 1. The lowest BCUT2D eigenvalue weighted by atomic mass is 9.95. The van der Waals surface area contributed by atoms with Gasteiger partial charge in [-0.05, 0) is 30.2 Å². The van der Waals surface area contributed by atoms with Gasteiger partial charge in [-0.25, -0.2) is 0 Å². The summed E-state index contributed by atoms with van der Waals surface area (Å²) in [6.07, 6.45) is -2.97. The Hall–Kier alpha value is -2.56. The quantitative estimate of drug-likeness (QED) is 0.660. The topological polar surface area (TPSA) is 32.9 Å². The van der Waals surface area contributed by atoms with Gasteiger partial charge in [0.15, 0.2) is 5.78 Å². The highest BCUT2D eigenvalue weighted by molar-refractivity contribution is 5.95. The Labute approximate surface area is 124 Å². The second kappa shape index (κ2) is 5.02. The lowest BCUT2D eigenvalue weighted by molar-refractivity contribution is -0.135. The minimum absolute atomic E-state index is 0.106. The largest absolute Gasteiger partial charge is 0.417 e. The van der Waals surface area contributed by atoms with Crippen molar-refractivity contribution in [2.24, 2.45) is 0 Å². The molecule has 0 radical (unpaired) electrons. The number of benzene rings is 2. The smallest absolute Gasteiger partial charge is 0.361 e. The summed E-state index contributed by atoms with van der Waals surface area (Å²) in [5.41, 5.74) is 0.786. The molecule has 2 nitrogen and oxygen atoms in total. The van der Waals surface area contributed by atoms with Gasteiger partial charge in [-0.1, -0.05) is 30.3 Å². The van der Waals surface area contributed by atoms with Crippen molar-refractivity contribution < 1.29 is 18.0 Å². The molecule has 3 aromatic rings. The van der Waals surface area contributed by atoms with Crippen molar-refractivity contribution in [1.82, 2.24) is 4.98 Å². The summed E-state index contributed by atoms with van der Waals surface area (Å²) >= 11 is 0. The van der Waals surface area contributed by atoms with Gasteiger partial charge in [0.1, 0.15) is 0 Å². The Morgan fingerprint density at radius 3 is 2.27 bits per heavy atom. The minimum atomic E-state index is -4.46. The number of hydrogen-bond acceptors (Lipinski definition) is 1. The fourth-order valence-electron chi connectivity index (χ4n) is 2.56. The van der Waals surface area contributed by atoms with Crippen LogP contribution in [-0.2, 0) is 6.18 Å². The van der Waals surface area contributed by atoms with Gasteiger partial charge in [0.25, 0.3) is 0 Å².